The molecule has 0 N–H and O–H groups in total. The molecule has 2 aromatic carbocycles. The van der Waals surface area contributed by atoms with Crippen LogP contribution in [0.25, 0.3) is 0 Å². The molecule has 0 amide bonds. The first-order valence-corrected chi connectivity index (χ1v) is 9.93. The monoisotopic (exact) mass is 363 g/mol. The predicted molar refractivity (Wildman–Crippen MR) is 104 cm³/mol. The van der Waals surface area contributed by atoms with Gasteiger partial charge in [-0.3, -0.25) is 4.79 Å². The Morgan fingerprint density at radius 3 is 2.63 bits per heavy atom. The summed E-state index contributed by atoms with van der Waals surface area (Å²) in [4.78, 5) is 15.4. The van der Waals surface area contributed by atoms with Crippen molar-refractivity contribution in [2.24, 2.45) is 5.92 Å². The highest BCUT2D eigenvalue weighted by Crippen LogP contribution is 2.46. The van der Waals surface area contributed by atoms with Crippen LogP contribution in [0.15, 0.2) is 42.5 Å². The molecule has 0 aromatic heterocycles. The molecule has 1 saturated heterocycles. The molecule has 2 aromatic rings. The van der Waals surface area contributed by atoms with E-state index in [4.69, 9.17) is 9.47 Å². The molecule has 0 atom stereocenters. The van der Waals surface area contributed by atoms with Crippen molar-refractivity contribution in [2.75, 3.05) is 31.2 Å². The number of carbonyl (C=O) groups is 1. The van der Waals surface area contributed by atoms with Gasteiger partial charge in [0.2, 0.25) is 5.79 Å². The first-order valence-electron chi connectivity index (χ1n) is 9.93. The van der Waals surface area contributed by atoms with Crippen LogP contribution in [0.3, 0.4) is 0 Å². The summed E-state index contributed by atoms with van der Waals surface area (Å²) in [6.45, 7) is 5.18. The van der Waals surface area contributed by atoms with Crippen molar-refractivity contribution >= 4 is 11.5 Å². The summed E-state index contributed by atoms with van der Waals surface area (Å²) in [6.07, 6.45) is 3.54. The number of rotatable bonds is 4. The summed E-state index contributed by atoms with van der Waals surface area (Å²) >= 11 is 0. The highest BCUT2D eigenvalue weighted by molar-refractivity contribution is 6.09. The highest BCUT2D eigenvalue weighted by Gasteiger charge is 2.47. The number of anilines is 1. The zero-order valence-corrected chi connectivity index (χ0v) is 15.7. The molecule has 2 aliphatic heterocycles. The average Bonchev–Trinajstić information content (AvgIpc) is 3.46. The molecule has 4 heteroatoms. The van der Waals surface area contributed by atoms with Gasteiger partial charge in [-0.2, -0.15) is 0 Å². The van der Waals surface area contributed by atoms with Crippen molar-refractivity contribution in [2.45, 2.75) is 32.0 Å². The molecular formula is C23H25NO3. The van der Waals surface area contributed by atoms with E-state index in [1.807, 2.05) is 43.3 Å². The standard InChI is InChI=1S/C23H25NO3/c1-16-4-2-5-18(12-16)22(25)19-8-9-21-20(13-19)23(26-10-3-11-27-23)15-24(21)14-17-6-7-17/h2,4-5,8-9,12-13,17H,3,6-7,10-11,14-15H2,1H3. The average molecular weight is 363 g/mol. The number of aryl methyl sites for hydroxylation is 1. The number of fused-ring (bicyclic) bond motifs is 2. The summed E-state index contributed by atoms with van der Waals surface area (Å²) in [7, 11) is 0. The normalized spacial score (nSPS) is 20.7. The van der Waals surface area contributed by atoms with Crippen molar-refractivity contribution in [1.29, 1.82) is 0 Å². The number of nitrogens with zero attached hydrogens (tertiary/aromatic N) is 1. The van der Waals surface area contributed by atoms with Crippen molar-refractivity contribution in [3.63, 3.8) is 0 Å². The van der Waals surface area contributed by atoms with E-state index in [1.165, 1.54) is 12.8 Å². The lowest BCUT2D eigenvalue weighted by Crippen LogP contribution is -2.42. The minimum atomic E-state index is -0.717. The number of carbonyl (C=O) groups excluding carboxylic acids is 1. The highest BCUT2D eigenvalue weighted by atomic mass is 16.7. The van der Waals surface area contributed by atoms with Gasteiger partial charge < -0.3 is 14.4 Å². The molecule has 4 nitrogen and oxygen atoms in total. The van der Waals surface area contributed by atoms with E-state index in [1.54, 1.807) is 0 Å². The van der Waals surface area contributed by atoms with Gasteiger partial charge in [0.15, 0.2) is 5.78 Å². The molecule has 0 unspecified atom stereocenters. The lowest BCUT2D eigenvalue weighted by molar-refractivity contribution is -0.265. The third-order valence-corrected chi connectivity index (χ3v) is 5.82. The van der Waals surface area contributed by atoms with E-state index >= 15 is 0 Å². The summed E-state index contributed by atoms with van der Waals surface area (Å²) in [6, 6.07) is 13.8. The fourth-order valence-electron chi connectivity index (χ4n) is 4.23. The van der Waals surface area contributed by atoms with Gasteiger partial charge in [-0.25, -0.2) is 0 Å². The maximum Gasteiger partial charge on any atom is 0.215 e. The van der Waals surface area contributed by atoms with Crippen molar-refractivity contribution in [3.05, 3.63) is 64.7 Å². The van der Waals surface area contributed by atoms with E-state index in [2.05, 4.69) is 11.0 Å². The maximum absolute atomic E-state index is 13.0. The number of ether oxygens (including phenoxy) is 2. The Labute approximate surface area is 160 Å². The van der Waals surface area contributed by atoms with Crippen LogP contribution in [0.1, 0.15) is 46.3 Å². The van der Waals surface area contributed by atoms with Crippen LogP contribution in [0.2, 0.25) is 0 Å². The van der Waals surface area contributed by atoms with Gasteiger partial charge >= 0.3 is 0 Å². The van der Waals surface area contributed by atoms with Gasteiger partial charge in [-0.1, -0.05) is 23.8 Å². The molecule has 1 aliphatic carbocycles. The summed E-state index contributed by atoms with van der Waals surface area (Å²) in [5.74, 6) is 0.115. The van der Waals surface area contributed by atoms with Crippen molar-refractivity contribution < 1.29 is 14.3 Å². The molecule has 2 heterocycles. The van der Waals surface area contributed by atoms with Gasteiger partial charge in [-0.15, -0.1) is 0 Å². The lowest BCUT2D eigenvalue weighted by Gasteiger charge is -2.34. The van der Waals surface area contributed by atoms with Crippen LogP contribution in [0.5, 0.6) is 0 Å². The van der Waals surface area contributed by atoms with Crippen LogP contribution in [0.4, 0.5) is 5.69 Å². The first kappa shape index (κ1) is 17.0. The topological polar surface area (TPSA) is 38.8 Å². The second-order valence-electron chi connectivity index (χ2n) is 8.06. The molecule has 1 spiro atoms. The van der Waals surface area contributed by atoms with Gasteiger partial charge in [0.1, 0.15) is 0 Å². The molecule has 27 heavy (non-hydrogen) atoms. The summed E-state index contributed by atoms with van der Waals surface area (Å²) in [5.41, 5.74) is 4.69. The Morgan fingerprint density at radius 2 is 1.89 bits per heavy atom. The third kappa shape index (κ3) is 3.07. The predicted octanol–water partition coefficient (Wildman–Crippen LogP) is 4.05. The second kappa shape index (κ2) is 6.47. The van der Waals surface area contributed by atoms with Crippen molar-refractivity contribution in [3.8, 4) is 0 Å². The minimum absolute atomic E-state index is 0.0492. The molecule has 5 rings (SSSR count). The molecule has 1 saturated carbocycles. The maximum atomic E-state index is 13.0. The van der Waals surface area contributed by atoms with Crippen LogP contribution >= 0.6 is 0 Å². The number of benzene rings is 2. The van der Waals surface area contributed by atoms with Crippen molar-refractivity contribution in [1.82, 2.24) is 0 Å². The van der Waals surface area contributed by atoms with Gasteiger partial charge in [0, 0.05) is 28.9 Å². The molecule has 140 valence electrons. The van der Waals surface area contributed by atoms with Gasteiger partial charge in [0.25, 0.3) is 0 Å². The fourth-order valence-corrected chi connectivity index (χ4v) is 4.23. The molecular weight excluding hydrogens is 338 g/mol. The largest absolute Gasteiger partial charge is 0.365 e. The molecule has 3 aliphatic rings. The summed E-state index contributed by atoms with van der Waals surface area (Å²) in [5, 5.41) is 0. The van der Waals surface area contributed by atoms with Gasteiger partial charge in [-0.05, 0) is 56.4 Å². The Balaban J connectivity index is 1.53. The van der Waals surface area contributed by atoms with E-state index in [0.29, 0.717) is 18.8 Å². The van der Waals surface area contributed by atoms with E-state index in [-0.39, 0.29) is 5.78 Å². The lowest BCUT2D eigenvalue weighted by atomic mass is 9.97. The third-order valence-electron chi connectivity index (χ3n) is 5.82. The Kier molecular flexibility index (Phi) is 4.06. The van der Waals surface area contributed by atoms with E-state index in [9.17, 15) is 4.79 Å². The Bertz CT molecular complexity index is 881. The zero-order chi connectivity index (χ0) is 18.4. The SMILES string of the molecule is Cc1cccc(C(=O)c2ccc3c(c2)C2(CN3CC3CC3)OCCCO2)c1. The van der Waals surface area contributed by atoms with E-state index < -0.39 is 5.79 Å². The molecule has 2 fully saturated rings. The fraction of sp³-hybridized carbons (Fsp3) is 0.435. The summed E-state index contributed by atoms with van der Waals surface area (Å²) < 4.78 is 12.3. The second-order valence-corrected chi connectivity index (χ2v) is 8.06. The number of ketones is 1. The smallest absolute Gasteiger partial charge is 0.215 e. The van der Waals surface area contributed by atoms with Crippen LogP contribution in [-0.4, -0.2) is 32.1 Å². The number of hydrogen-bond acceptors (Lipinski definition) is 4. The molecule has 0 radical (unpaired) electrons. The van der Waals surface area contributed by atoms with Crippen LogP contribution in [0, 0.1) is 12.8 Å². The minimum Gasteiger partial charge on any atom is -0.365 e. The zero-order valence-electron chi connectivity index (χ0n) is 15.7. The Hall–Kier alpha value is -2.17. The van der Waals surface area contributed by atoms with E-state index in [0.717, 1.165) is 47.8 Å². The Morgan fingerprint density at radius 1 is 1.11 bits per heavy atom. The quantitative estimate of drug-likeness (QED) is 0.769. The first-order chi connectivity index (χ1) is 13.1. The van der Waals surface area contributed by atoms with Crippen LogP contribution < -0.4 is 4.90 Å². The van der Waals surface area contributed by atoms with Gasteiger partial charge in [0.05, 0.1) is 19.8 Å². The molecule has 0 bridgehead atoms. The van der Waals surface area contributed by atoms with Crippen LogP contribution in [-0.2, 0) is 15.3 Å². The number of hydrogen-bond donors (Lipinski definition) is 0.